The molecule has 0 radical (unpaired) electrons. The van der Waals surface area contributed by atoms with Gasteiger partial charge in [-0.3, -0.25) is 14.9 Å². The lowest BCUT2D eigenvalue weighted by Gasteiger charge is -2.01. The van der Waals surface area contributed by atoms with Crippen molar-refractivity contribution in [2.75, 3.05) is 26.1 Å². The summed E-state index contributed by atoms with van der Waals surface area (Å²) in [6.45, 7) is -0.0490. The second kappa shape index (κ2) is 7.67. The number of amides is 1. The number of anilines is 1. The third-order valence-corrected chi connectivity index (χ3v) is 3.77. The monoisotopic (exact) mass is 320 g/mol. The number of nitrogens with zero attached hydrogens (tertiary/aromatic N) is 1. The van der Waals surface area contributed by atoms with Crippen LogP contribution in [0, 0.1) is 0 Å². The van der Waals surface area contributed by atoms with Gasteiger partial charge in [-0.2, -0.15) is 0 Å². The molecule has 1 N–H and O–H groups in total. The summed E-state index contributed by atoms with van der Waals surface area (Å²) in [4.78, 5) is 28.3. The van der Waals surface area contributed by atoms with Crippen molar-refractivity contribution < 1.29 is 19.1 Å². The summed E-state index contributed by atoms with van der Waals surface area (Å²) < 4.78 is 9.48. The average Bonchev–Trinajstić information content (AvgIpc) is 2.90. The molecule has 6 nitrogen and oxygen atoms in total. The van der Waals surface area contributed by atoms with E-state index in [1.807, 2.05) is 30.3 Å². The minimum atomic E-state index is -0.351. The number of methoxy groups -OCH3 is 2. The minimum absolute atomic E-state index is 0.0490. The van der Waals surface area contributed by atoms with E-state index in [1.54, 1.807) is 0 Å². The van der Waals surface area contributed by atoms with E-state index in [1.165, 1.54) is 25.6 Å². The van der Waals surface area contributed by atoms with Crippen molar-refractivity contribution >= 4 is 28.3 Å². The normalized spacial score (nSPS) is 10.3. The van der Waals surface area contributed by atoms with Gasteiger partial charge in [0.05, 0.1) is 19.2 Å². The topological polar surface area (TPSA) is 77.5 Å². The Kier molecular flexibility index (Phi) is 5.62. The quantitative estimate of drug-likeness (QED) is 0.825. The van der Waals surface area contributed by atoms with Gasteiger partial charge in [0.25, 0.3) is 5.91 Å². The number of thiazole rings is 1. The molecule has 2 aromatic rings. The van der Waals surface area contributed by atoms with Gasteiger partial charge in [-0.1, -0.05) is 30.3 Å². The average molecular weight is 320 g/mol. The fourth-order valence-electron chi connectivity index (χ4n) is 1.84. The van der Waals surface area contributed by atoms with Crippen LogP contribution in [-0.4, -0.2) is 37.7 Å². The molecule has 7 heteroatoms. The molecule has 0 aliphatic heterocycles. The maximum Gasteiger partial charge on any atom is 0.310 e. The van der Waals surface area contributed by atoms with Crippen LogP contribution in [-0.2, 0) is 25.5 Å². The number of esters is 1. The standard InChI is InChI=1S/C15H16N2O4S/c1-20-9-12(18)16-15-17-14(10-6-4-3-5-7-10)11(22-15)8-13(19)21-2/h3-7H,8-9H2,1-2H3,(H,16,17,18). The van der Waals surface area contributed by atoms with Crippen LogP contribution in [0.25, 0.3) is 11.3 Å². The molecule has 0 fully saturated rings. The zero-order chi connectivity index (χ0) is 15.9. The van der Waals surface area contributed by atoms with Crippen molar-refractivity contribution in [2.45, 2.75) is 6.42 Å². The Hall–Kier alpha value is -2.25. The Morgan fingerprint density at radius 3 is 2.59 bits per heavy atom. The third kappa shape index (κ3) is 4.12. The van der Waals surface area contributed by atoms with Crippen molar-refractivity contribution in [3.8, 4) is 11.3 Å². The van der Waals surface area contributed by atoms with Crippen molar-refractivity contribution in [2.24, 2.45) is 0 Å². The molecule has 1 amide bonds. The van der Waals surface area contributed by atoms with Crippen LogP contribution in [0.15, 0.2) is 30.3 Å². The molecule has 116 valence electrons. The molecule has 0 aliphatic carbocycles. The highest BCUT2D eigenvalue weighted by atomic mass is 32.1. The molecule has 0 unspecified atom stereocenters. The highest BCUT2D eigenvalue weighted by molar-refractivity contribution is 7.16. The molecule has 1 aromatic heterocycles. The van der Waals surface area contributed by atoms with Gasteiger partial charge < -0.3 is 9.47 Å². The summed E-state index contributed by atoms with van der Waals surface area (Å²) in [6, 6.07) is 9.48. The Morgan fingerprint density at radius 1 is 1.23 bits per heavy atom. The number of benzene rings is 1. The first-order chi connectivity index (χ1) is 10.6. The van der Waals surface area contributed by atoms with Crippen molar-refractivity contribution in [1.82, 2.24) is 4.98 Å². The Labute approximate surface area is 132 Å². The van der Waals surface area contributed by atoms with E-state index >= 15 is 0 Å². The van der Waals surface area contributed by atoms with Crippen LogP contribution in [0.3, 0.4) is 0 Å². The maximum absolute atomic E-state index is 11.6. The van der Waals surface area contributed by atoms with Gasteiger partial charge in [-0.15, -0.1) is 11.3 Å². The highest BCUT2D eigenvalue weighted by Gasteiger charge is 2.17. The summed E-state index contributed by atoms with van der Waals surface area (Å²) in [6.07, 6.45) is 0.110. The molecule has 1 aromatic carbocycles. The Balaban J connectivity index is 2.31. The van der Waals surface area contributed by atoms with E-state index in [0.717, 1.165) is 10.4 Å². The van der Waals surface area contributed by atoms with Crippen molar-refractivity contribution in [3.63, 3.8) is 0 Å². The SMILES string of the molecule is COCC(=O)Nc1nc(-c2ccccc2)c(CC(=O)OC)s1. The minimum Gasteiger partial charge on any atom is -0.469 e. The van der Waals surface area contributed by atoms with E-state index in [4.69, 9.17) is 9.47 Å². The molecule has 0 saturated carbocycles. The molecule has 1 heterocycles. The van der Waals surface area contributed by atoms with E-state index in [2.05, 4.69) is 10.3 Å². The fourth-order valence-corrected chi connectivity index (χ4v) is 2.82. The van der Waals surface area contributed by atoms with Crippen molar-refractivity contribution in [3.05, 3.63) is 35.2 Å². The number of carbonyl (C=O) groups is 2. The number of carbonyl (C=O) groups excluding carboxylic acids is 2. The van der Waals surface area contributed by atoms with Crippen molar-refractivity contribution in [1.29, 1.82) is 0 Å². The molecule has 0 saturated heterocycles. The zero-order valence-corrected chi connectivity index (χ0v) is 13.1. The smallest absolute Gasteiger partial charge is 0.310 e. The first-order valence-electron chi connectivity index (χ1n) is 6.54. The predicted molar refractivity (Wildman–Crippen MR) is 83.8 cm³/mol. The number of rotatable bonds is 6. The van der Waals surface area contributed by atoms with Crippen LogP contribution in [0.5, 0.6) is 0 Å². The lowest BCUT2D eigenvalue weighted by Crippen LogP contribution is -2.16. The second-order valence-corrected chi connectivity index (χ2v) is 5.47. The summed E-state index contributed by atoms with van der Waals surface area (Å²) in [5.41, 5.74) is 1.55. The molecular weight excluding hydrogens is 304 g/mol. The van der Waals surface area contributed by atoms with Crippen LogP contribution < -0.4 is 5.32 Å². The van der Waals surface area contributed by atoms with E-state index in [0.29, 0.717) is 10.8 Å². The molecule has 0 bridgehead atoms. The van der Waals surface area contributed by atoms with Gasteiger partial charge in [0.2, 0.25) is 0 Å². The number of nitrogens with one attached hydrogen (secondary N) is 1. The van der Waals surface area contributed by atoms with E-state index in [-0.39, 0.29) is 24.9 Å². The first-order valence-corrected chi connectivity index (χ1v) is 7.36. The number of hydrogen-bond acceptors (Lipinski definition) is 6. The number of hydrogen-bond donors (Lipinski definition) is 1. The first kappa shape index (κ1) is 16.1. The zero-order valence-electron chi connectivity index (χ0n) is 12.3. The predicted octanol–water partition coefficient (Wildman–Crippen LogP) is 2.11. The van der Waals surface area contributed by atoms with Crippen LogP contribution >= 0.6 is 11.3 Å². The van der Waals surface area contributed by atoms with E-state index in [9.17, 15) is 9.59 Å². The highest BCUT2D eigenvalue weighted by Crippen LogP contribution is 2.31. The molecule has 2 rings (SSSR count). The summed E-state index contributed by atoms with van der Waals surface area (Å²) in [5, 5.41) is 3.09. The second-order valence-electron chi connectivity index (χ2n) is 4.39. The fraction of sp³-hybridized carbons (Fsp3) is 0.267. The van der Waals surface area contributed by atoms with Gasteiger partial charge in [0, 0.05) is 17.6 Å². The van der Waals surface area contributed by atoms with Gasteiger partial charge in [-0.05, 0) is 0 Å². The summed E-state index contributed by atoms with van der Waals surface area (Å²) >= 11 is 1.25. The summed E-state index contributed by atoms with van der Waals surface area (Å²) in [7, 11) is 2.78. The van der Waals surface area contributed by atoms with Crippen LogP contribution in [0.4, 0.5) is 5.13 Å². The molecule has 0 aliphatic rings. The van der Waals surface area contributed by atoms with Gasteiger partial charge >= 0.3 is 5.97 Å². The summed E-state index contributed by atoms with van der Waals surface area (Å²) in [5.74, 6) is -0.643. The number of ether oxygens (including phenoxy) is 2. The lowest BCUT2D eigenvalue weighted by molar-refractivity contribution is -0.139. The lowest BCUT2D eigenvalue weighted by atomic mass is 10.1. The molecule has 22 heavy (non-hydrogen) atoms. The Morgan fingerprint density at radius 2 is 1.95 bits per heavy atom. The molecule has 0 atom stereocenters. The maximum atomic E-state index is 11.6. The Bertz CT molecular complexity index is 655. The van der Waals surface area contributed by atoms with Crippen LogP contribution in [0.1, 0.15) is 4.88 Å². The van der Waals surface area contributed by atoms with Gasteiger partial charge in [0.1, 0.15) is 6.61 Å². The van der Waals surface area contributed by atoms with Gasteiger partial charge in [-0.25, -0.2) is 4.98 Å². The molecule has 0 spiro atoms. The largest absolute Gasteiger partial charge is 0.469 e. The van der Waals surface area contributed by atoms with E-state index < -0.39 is 0 Å². The molecular formula is C15H16N2O4S. The van der Waals surface area contributed by atoms with Crippen LogP contribution in [0.2, 0.25) is 0 Å². The van der Waals surface area contributed by atoms with Gasteiger partial charge in [0.15, 0.2) is 5.13 Å². The third-order valence-electron chi connectivity index (χ3n) is 2.80. The number of aromatic nitrogens is 1.